The largest absolute Gasteiger partial charge is 0.497 e. The third kappa shape index (κ3) is 6.40. The van der Waals surface area contributed by atoms with Gasteiger partial charge in [0.15, 0.2) is 0 Å². The second-order valence-corrected chi connectivity index (χ2v) is 7.99. The number of hydrogen-bond acceptors (Lipinski definition) is 5. The Hall–Kier alpha value is -2.29. The Bertz CT molecular complexity index is 900. The van der Waals surface area contributed by atoms with Crippen LogP contribution in [0.15, 0.2) is 47.4 Å². The number of ether oxygens (including phenoxy) is 1. The fourth-order valence-corrected chi connectivity index (χ4v) is 3.75. The number of carbonyl (C=O) groups is 1. The Morgan fingerprint density at radius 2 is 1.82 bits per heavy atom. The number of hydrogen-bond donors (Lipinski definition) is 3. The van der Waals surface area contributed by atoms with Crippen molar-refractivity contribution in [1.29, 1.82) is 0 Å². The van der Waals surface area contributed by atoms with Crippen molar-refractivity contribution in [2.45, 2.75) is 31.2 Å². The summed E-state index contributed by atoms with van der Waals surface area (Å²) in [7, 11) is -2.31. The van der Waals surface area contributed by atoms with E-state index in [1.807, 2.05) is 6.92 Å². The highest BCUT2D eigenvalue weighted by molar-refractivity contribution is 7.92. The monoisotopic (exact) mass is 427 g/mol. The maximum atomic E-state index is 12.8. The van der Waals surface area contributed by atoms with Gasteiger partial charge < -0.3 is 15.8 Å². The van der Waals surface area contributed by atoms with Crippen LogP contribution in [0.5, 0.6) is 5.75 Å². The number of rotatable bonds is 8. The van der Waals surface area contributed by atoms with Gasteiger partial charge in [0, 0.05) is 23.8 Å². The van der Waals surface area contributed by atoms with Gasteiger partial charge in [0.2, 0.25) is 0 Å². The van der Waals surface area contributed by atoms with Gasteiger partial charge in [0.1, 0.15) is 5.75 Å². The Kier molecular flexibility index (Phi) is 8.74. The van der Waals surface area contributed by atoms with Gasteiger partial charge in [0.05, 0.1) is 12.0 Å². The van der Waals surface area contributed by atoms with Gasteiger partial charge in [-0.3, -0.25) is 9.52 Å². The van der Waals surface area contributed by atoms with Crippen LogP contribution in [-0.4, -0.2) is 34.0 Å². The minimum absolute atomic E-state index is 0. The van der Waals surface area contributed by atoms with E-state index in [1.54, 1.807) is 43.3 Å². The van der Waals surface area contributed by atoms with Crippen LogP contribution in [0.1, 0.15) is 29.3 Å². The standard InChI is InChI=1S/C19H25N3O4S.ClH/c1-13-4-5-15(19(23)21-11-10-14(2)20)12-18(13)27(24,25)22-16-6-8-17(26-3)9-7-16;/h4-9,12,14,22H,10-11,20H2,1-3H3,(H,21,23);1H. The van der Waals surface area contributed by atoms with Crippen LogP contribution >= 0.6 is 12.4 Å². The van der Waals surface area contributed by atoms with E-state index in [1.165, 1.54) is 13.2 Å². The molecule has 2 aromatic rings. The zero-order valence-corrected chi connectivity index (χ0v) is 17.7. The van der Waals surface area contributed by atoms with Crippen molar-refractivity contribution in [1.82, 2.24) is 5.32 Å². The summed E-state index contributed by atoms with van der Waals surface area (Å²) >= 11 is 0. The summed E-state index contributed by atoms with van der Waals surface area (Å²) in [5.41, 5.74) is 6.89. The molecule has 0 fully saturated rings. The summed E-state index contributed by atoms with van der Waals surface area (Å²) in [6, 6.07) is 11.1. The first kappa shape index (κ1) is 23.7. The molecule has 0 bridgehead atoms. The van der Waals surface area contributed by atoms with Crippen LogP contribution in [0.4, 0.5) is 5.69 Å². The summed E-state index contributed by atoms with van der Waals surface area (Å²) in [6.07, 6.45) is 0.641. The first-order valence-electron chi connectivity index (χ1n) is 8.54. The van der Waals surface area contributed by atoms with Gasteiger partial charge in [-0.15, -0.1) is 12.4 Å². The smallest absolute Gasteiger partial charge is 0.262 e. The predicted octanol–water partition coefficient (Wildman–Crippen LogP) is 2.69. The highest BCUT2D eigenvalue weighted by Gasteiger charge is 2.19. The minimum atomic E-state index is -3.84. The van der Waals surface area contributed by atoms with Crippen molar-refractivity contribution in [3.8, 4) is 5.75 Å². The lowest BCUT2D eigenvalue weighted by Gasteiger charge is -2.13. The Balaban J connectivity index is 0.00000392. The average Bonchev–Trinajstić information content (AvgIpc) is 2.61. The predicted molar refractivity (Wildman–Crippen MR) is 113 cm³/mol. The minimum Gasteiger partial charge on any atom is -0.497 e. The molecule has 0 spiro atoms. The van der Waals surface area contributed by atoms with Gasteiger partial charge in [-0.25, -0.2) is 8.42 Å². The molecule has 1 atom stereocenters. The van der Waals surface area contributed by atoms with Crippen molar-refractivity contribution < 1.29 is 17.9 Å². The van der Waals surface area contributed by atoms with Crippen molar-refractivity contribution in [2.75, 3.05) is 18.4 Å². The van der Waals surface area contributed by atoms with E-state index in [4.69, 9.17) is 10.5 Å². The van der Waals surface area contributed by atoms with Crippen LogP contribution < -0.4 is 20.5 Å². The maximum absolute atomic E-state index is 12.8. The lowest BCUT2D eigenvalue weighted by atomic mass is 10.1. The number of sulfonamides is 1. The lowest BCUT2D eigenvalue weighted by molar-refractivity contribution is 0.0952. The molecule has 4 N–H and O–H groups in total. The van der Waals surface area contributed by atoms with E-state index in [9.17, 15) is 13.2 Å². The van der Waals surface area contributed by atoms with Crippen molar-refractivity contribution >= 4 is 34.0 Å². The molecule has 1 amide bonds. The van der Waals surface area contributed by atoms with Crippen LogP contribution in [0.25, 0.3) is 0 Å². The molecule has 9 heteroatoms. The van der Waals surface area contributed by atoms with Crippen molar-refractivity contribution in [3.63, 3.8) is 0 Å². The molecule has 0 aromatic heterocycles. The first-order valence-corrected chi connectivity index (χ1v) is 10.0. The summed E-state index contributed by atoms with van der Waals surface area (Å²) in [5.74, 6) is 0.288. The van der Waals surface area contributed by atoms with Crippen LogP contribution in [0.3, 0.4) is 0 Å². The fraction of sp³-hybridized carbons (Fsp3) is 0.316. The number of amides is 1. The third-order valence-electron chi connectivity index (χ3n) is 3.97. The van der Waals surface area contributed by atoms with Gasteiger partial charge in [-0.2, -0.15) is 0 Å². The molecule has 0 aliphatic carbocycles. The van der Waals surface area contributed by atoms with Crippen LogP contribution in [-0.2, 0) is 10.0 Å². The zero-order chi connectivity index (χ0) is 20.0. The summed E-state index contributed by atoms with van der Waals surface area (Å²) < 4.78 is 33.1. The van der Waals surface area contributed by atoms with E-state index in [-0.39, 0.29) is 34.8 Å². The number of halogens is 1. The summed E-state index contributed by atoms with van der Waals surface area (Å²) in [6.45, 7) is 3.96. The Morgan fingerprint density at radius 3 is 2.39 bits per heavy atom. The molecule has 154 valence electrons. The van der Waals surface area contributed by atoms with Gasteiger partial charge in [-0.1, -0.05) is 6.07 Å². The second-order valence-electron chi connectivity index (χ2n) is 6.34. The van der Waals surface area contributed by atoms with Crippen LogP contribution in [0.2, 0.25) is 0 Å². The molecule has 0 saturated carbocycles. The fourth-order valence-electron chi connectivity index (χ4n) is 2.42. The second kappa shape index (κ2) is 10.3. The Labute approximate surface area is 172 Å². The first-order chi connectivity index (χ1) is 12.7. The quantitative estimate of drug-likeness (QED) is 0.599. The summed E-state index contributed by atoms with van der Waals surface area (Å²) in [4.78, 5) is 12.3. The molecule has 0 saturated heterocycles. The number of anilines is 1. The highest BCUT2D eigenvalue weighted by Crippen LogP contribution is 2.22. The number of benzene rings is 2. The molecule has 2 rings (SSSR count). The number of carbonyl (C=O) groups excluding carboxylic acids is 1. The molecule has 0 heterocycles. The van der Waals surface area contributed by atoms with Crippen LogP contribution in [0, 0.1) is 6.92 Å². The maximum Gasteiger partial charge on any atom is 0.262 e. The SMILES string of the molecule is COc1ccc(NS(=O)(=O)c2cc(C(=O)NCCC(C)N)ccc2C)cc1.Cl. The molecule has 7 nitrogen and oxygen atoms in total. The van der Waals surface area contributed by atoms with E-state index in [0.717, 1.165) is 0 Å². The Morgan fingerprint density at radius 1 is 1.18 bits per heavy atom. The van der Waals surface area contributed by atoms with Crippen molar-refractivity contribution in [3.05, 3.63) is 53.6 Å². The van der Waals surface area contributed by atoms with Crippen molar-refractivity contribution in [2.24, 2.45) is 5.73 Å². The van der Waals surface area contributed by atoms with Gasteiger partial charge >= 0.3 is 0 Å². The van der Waals surface area contributed by atoms with E-state index in [0.29, 0.717) is 30.0 Å². The topological polar surface area (TPSA) is 111 Å². The molecule has 28 heavy (non-hydrogen) atoms. The van der Waals surface area contributed by atoms with E-state index < -0.39 is 10.0 Å². The van der Waals surface area contributed by atoms with E-state index in [2.05, 4.69) is 10.0 Å². The average molecular weight is 428 g/mol. The molecule has 2 aromatic carbocycles. The molecule has 0 aliphatic rings. The van der Waals surface area contributed by atoms with Gasteiger partial charge in [-0.05, 0) is 62.2 Å². The third-order valence-corrected chi connectivity index (χ3v) is 5.49. The normalized spacial score (nSPS) is 11.9. The number of nitrogens with one attached hydrogen (secondary N) is 2. The summed E-state index contributed by atoms with van der Waals surface area (Å²) in [5, 5.41) is 2.74. The zero-order valence-electron chi connectivity index (χ0n) is 16.1. The van der Waals surface area contributed by atoms with Gasteiger partial charge in [0.25, 0.3) is 15.9 Å². The number of aryl methyl sites for hydroxylation is 1. The lowest BCUT2D eigenvalue weighted by Crippen LogP contribution is -2.29. The molecular weight excluding hydrogens is 402 g/mol. The number of methoxy groups -OCH3 is 1. The molecule has 1 unspecified atom stereocenters. The molecular formula is C19H26ClN3O4S. The molecule has 0 radical (unpaired) electrons. The highest BCUT2D eigenvalue weighted by atomic mass is 35.5. The number of nitrogens with two attached hydrogens (primary N) is 1. The molecule has 0 aliphatic heterocycles. The van der Waals surface area contributed by atoms with E-state index >= 15 is 0 Å².